The highest BCUT2D eigenvalue weighted by Crippen LogP contribution is 2.17. The monoisotopic (exact) mass is 396 g/mol. The molecule has 2 heterocycles. The van der Waals surface area contributed by atoms with Crippen LogP contribution in [0.4, 0.5) is 0 Å². The van der Waals surface area contributed by atoms with E-state index in [0.717, 1.165) is 28.5 Å². The number of aliphatic carboxylic acids is 1. The number of thioether (sulfide) groups is 1. The quantitative estimate of drug-likeness (QED) is 0.361. The molecule has 3 aromatic rings. The zero-order chi connectivity index (χ0) is 20.4. The summed E-state index contributed by atoms with van der Waals surface area (Å²) >= 11 is 1.03. The lowest BCUT2D eigenvalue weighted by atomic mass is 10.2. The molecule has 7 heteroatoms. The summed E-state index contributed by atoms with van der Waals surface area (Å²) in [6.45, 7) is 1.10. The molecule has 0 bridgehead atoms. The molecule has 0 radical (unpaired) electrons. The van der Waals surface area contributed by atoms with Gasteiger partial charge in [0.2, 0.25) is 0 Å². The van der Waals surface area contributed by atoms with Crippen molar-refractivity contribution in [1.82, 2.24) is 15.0 Å². The van der Waals surface area contributed by atoms with Crippen molar-refractivity contribution in [1.29, 1.82) is 0 Å². The van der Waals surface area contributed by atoms with Crippen LogP contribution in [-0.2, 0) is 11.3 Å². The summed E-state index contributed by atoms with van der Waals surface area (Å²) in [6, 6.07) is 17.8. The van der Waals surface area contributed by atoms with Gasteiger partial charge in [-0.25, -0.2) is 9.97 Å². The van der Waals surface area contributed by atoms with E-state index in [4.69, 9.17) is 0 Å². The van der Waals surface area contributed by atoms with Crippen LogP contribution in [0.3, 0.4) is 0 Å². The largest absolute Gasteiger partial charge is 0.549 e. The van der Waals surface area contributed by atoms with Crippen LogP contribution in [0.5, 0.6) is 0 Å². The van der Waals surface area contributed by atoms with Gasteiger partial charge in [0, 0.05) is 23.7 Å². The van der Waals surface area contributed by atoms with Gasteiger partial charge in [-0.15, -0.1) is 0 Å². The number of carbonyl (C=O) groups excluding carboxylic acids is 1. The van der Waals surface area contributed by atoms with E-state index >= 15 is 0 Å². The van der Waals surface area contributed by atoms with Crippen LogP contribution in [0.2, 0.25) is 0 Å². The zero-order valence-corrected chi connectivity index (χ0v) is 17.1. The highest BCUT2D eigenvalue weighted by atomic mass is 32.2. The van der Waals surface area contributed by atoms with Crippen LogP contribution in [0.25, 0.3) is 11.4 Å². The first-order chi connectivity index (χ1) is 13.3. The minimum Gasteiger partial charge on any atom is -0.549 e. The molecular weight excluding hydrogens is 372 g/mol. The normalized spacial score (nSPS) is 10.7. The Morgan fingerprint density at radius 1 is 0.929 bits per heavy atom. The summed E-state index contributed by atoms with van der Waals surface area (Å²) < 4.78 is 0.990. The molecule has 0 saturated carbocycles. The molecule has 0 spiro atoms. The summed E-state index contributed by atoms with van der Waals surface area (Å²) in [6.07, 6.45) is 3.25. The SMILES string of the molecule is C[N+](C)(C)Cc1ccccc1.O=C([O-])CSc1nccc(-c2ccccn2)n1. The molecule has 0 aliphatic rings. The molecule has 0 atom stereocenters. The van der Waals surface area contributed by atoms with Crippen molar-refractivity contribution in [2.75, 3.05) is 26.9 Å². The fourth-order valence-corrected chi connectivity index (χ4v) is 2.87. The molecule has 0 fully saturated rings. The van der Waals surface area contributed by atoms with E-state index in [1.165, 1.54) is 5.56 Å². The van der Waals surface area contributed by atoms with Gasteiger partial charge < -0.3 is 14.4 Å². The lowest BCUT2D eigenvalue weighted by Crippen LogP contribution is -2.33. The minimum absolute atomic E-state index is 0.161. The van der Waals surface area contributed by atoms with Crippen LogP contribution < -0.4 is 5.11 Å². The first-order valence-corrected chi connectivity index (χ1v) is 9.73. The summed E-state index contributed by atoms with van der Waals surface area (Å²) in [5.74, 6) is -1.30. The molecule has 28 heavy (non-hydrogen) atoms. The highest BCUT2D eigenvalue weighted by molar-refractivity contribution is 7.99. The summed E-state index contributed by atoms with van der Waals surface area (Å²) in [7, 11) is 6.60. The number of quaternary nitrogens is 1. The fraction of sp³-hybridized carbons (Fsp3) is 0.238. The lowest BCUT2D eigenvalue weighted by molar-refractivity contribution is -0.884. The second-order valence-corrected chi connectivity index (χ2v) is 7.98. The number of nitrogens with zero attached hydrogens (tertiary/aromatic N) is 4. The van der Waals surface area contributed by atoms with Crippen LogP contribution in [-0.4, -0.2) is 52.3 Å². The number of carbonyl (C=O) groups is 1. The summed E-state index contributed by atoms with van der Waals surface area (Å²) in [5.41, 5.74) is 2.80. The Morgan fingerprint density at radius 3 is 2.25 bits per heavy atom. The Bertz CT molecular complexity index is 868. The topological polar surface area (TPSA) is 78.8 Å². The predicted octanol–water partition coefficient (Wildman–Crippen LogP) is 2.27. The predicted molar refractivity (Wildman–Crippen MR) is 109 cm³/mol. The number of carboxylic acids is 1. The van der Waals surface area contributed by atoms with Gasteiger partial charge in [-0.05, 0) is 18.2 Å². The maximum Gasteiger partial charge on any atom is 0.188 e. The smallest absolute Gasteiger partial charge is 0.188 e. The number of pyridine rings is 1. The maximum absolute atomic E-state index is 10.3. The van der Waals surface area contributed by atoms with Crippen LogP contribution in [0, 0.1) is 0 Å². The van der Waals surface area contributed by atoms with E-state index in [-0.39, 0.29) is 5.75 Å². The molecule has 0 amide bonds. The first kappa shape index (κ1) is 21.5. The van der Waals surface area contributed by atoms with Crippen molar-refractivity contribution < 1.29 is 14.4 Å². The molecule has 0 aliphatic heterocycles. The molecule has 6 nitrogen and oxygen atoms in total. The van der Waals surface area contributed by atoms with E-state index in [2.05, 4.69) is 66.4 Å². The zero-order valence-electron chi connectivity index (χ0n) is 16.3. The molecule has 146 valence electrons. The number of carboxylic acid groups (broad SMARTS) is 1. The third kappa shape index (κ3) is 8.28. The van der Waals surface area contributed by atoms with Crippen LogP contribution in [0.15, 0.2) is 72.1 Å². The van der Waals surface area contributed by atoms with Crippen molar-refractivity contribution in [3.05, 3.63) is 72.6 Å². The van der Waals surface area contributed by atoms with E-state index in [0.29, 0.717) is 10.9 Å². The number of aromatic nitrogens is 3. The Labute approximate surface area is 169 Å². The van der Waals surface area contributed by atoms with Gasteiger partial charge in [-0.3, -0.25) is 4.98 Å². The van der Waals surface area contributed by atoms with Gasteiger partial charge >= 0.3 is 0 Å². The number of hydrogen-bond acceptors (Lipinski definition) is 6. The lowest BCUT2D eigenvalue weighted by Gasteiger charge is -2.23. The van der Waals surface area contributed by atoms with Gasteiger partial charge in [-0.2, -0.15) is 0 Å². The summed E-state index contributed by atoms with van der Waals surface area (Å²) in [5, 5.41) is 10.7. The fourth-order valence-electron chi connectivity index (χ4n) is 2.32. The Kier molecular flexibility index (Phi) is 8.10. The average molecular weight is 397 g/mol. The molecule has 0 saturated heterocycles. The average Bonchev–Trinajstić information content (AvgIpc) is 2.67. The molecule has 0 aliphatic carbocycles. The third-order valence-electron chi connectivity index (χ3n) is 3.38. The van der Waals surface area contributed by atoms with E-state index in [1.807, 2.05) is 18.2 Å². The van der Waals surface area contributed by atoms with Gasteiger partial charge in [0.25, 0.3) is 0 Å². The van der Waals surface area contributed by atoms with Gasteiger partial charge in [0.05, 0.1) is 38.5 Å². The van der Waals surface area contributed by atoms with Crippen molar-refractivity contribution in [2.24, 2.45) is 0 Å². The Hall–Kier alpha value is -2.77. The van der Waals surface area contributed by atoms with Crippen molar-refractivity contribution >= 4 is 17.7 Å². The molecule has 3 rings (SSSR count). The third-order valence-corrected chi connectivity index (χ3v) is 4.21. The van der Waals surface area contributed by atoms with Crippen LogP contribution in [0.1, 0.15) is 5.56 Å². The van der Waals surface area contributed by atoms with Crippen LogP contribution >= 0.6 is 11.8 Å². The van der Waals surface area contributed by atoms with Gasteiger partial charge in [0.1, 0.15) is 6.54 Å². The standard InChI is InChI=1S/C11H9N3O2S.C10H16N/c15-10(16)7-17-11-13-6-4-9(14-11)8-3-1-2-5-12-8;1-11(2,3)9-10-7-5-4-6-8-10/h1-6H,7H2,(H,15,16);4-8H,9H2,1-3H3/q;+1/p-1. The first-order valence-electron chi connectivity index (χ1n) is 8.75. The molecule has 0 unspecified atom stereocenters. The Balaban J connectivity index is 0.000000221. The van der Waals surface area contributed by atoms with Gasteiger partial charge in [-0.1, -0.05) is 48.2 Å². The number of hydrogen-bond donors (Lipinski definition) is 0. The minimum atomic E-state index is -1.14. The number of rotatable bonds is 6. The van der Waals surface area contributed by atoms with E-state index in [9.17, 15) is 9.90 Å². The molecule has 0 N–H and O–H groups in total. The number of benzene rings is 1. The van der Waals surface area contributed by atoms with Gasteiger partial charge in [0.15, 0.2) is 5.16 Å². The Morgan fingerprint density at radius 2 is 1.64 bits per heavy atom. The molecule has 2 aromatic heterocycles. The highest BCUT2D eigenvalue weighted by Gasteiger charge is 2.06. The second-order valence-electron chi connectivity index (χ2n) is 7.03. The summed E-state index contributed by atoms with van der Waals surface area (Å²) in [4.78, 5) is 22.7. The molecular formula is C21H24N4O2S. The maximum atomic E-state index is 10.3. The van der Waals surface area contributed by atoms with Crippen molar-refractivity contribution in [3.63, 3.8) is 0 Å². The molecule has 1 aromatic carbocycles. The van der Waals surface area contributed by atoms with Crippen molar-refractivity contribution in [2.45, 2.75) is 11.7 Å². The second kappa shape index (κ2) is 10.5. The van der Waals surface area contributed by atoms with E-state index < -0.39 is 5.97 Å². The van der Waals surface area contributed by atoms with E-state index in [1.54, 1.807) is 18.5 Å². The van der Waals surface area contributed by atoms with Crippen molar-refractivity contribution in [3.8, 4) is 11.4 Å².